The first-order chi connectivity index (χ1) is 34.1. The van der Waals surface area contributed by atoms with E-state index in [1.54, 1.807) is 39.8 Å². The van der Waals surface area contributed by atoms with E-state index in [0.29, 0.717) is 17.6 Å². The Morgan fingerprint density at radius 1 is 0.918 bits per heavy atom. The van der Waals surface area contributed by atoms with Crippen LogP contribution in [0.4, 0.5) is 0 Å². The number of hydroxylamine groups is 2. The molecule has 0 saturated carbocycles. The summed E-state index contributed by atoms with van der Waals surface area (Å²) in [5.74, 6) is -12.2. The maximum absolute atomic E-state index is 15.3. The molecule has 0 aromatic heterocycles. The predicted molar refractivity (Wildman–Crippen MR) is 263 cm³/mol. The van der Waals surface area contributed by atoms with E-state index in [0.717, 1.165) is 21.8 Å². The molecule has 4 aliphatic rings. The molecule has 4 heterocycles. The van der Waals surface area contributed by atoms with Gasteiger partial charge in [-0.05, 0) is 102 Å². The normalized spacial score (nSPS) is 31.9. The fourth-order valence-corrected chi connectivity index (χ4v) is 9.79. The standard InChI is InChI=1S/C50H82N8O15/c1-14-28(6)39(60)30(8)24-31(9)41-29(7)19-20-50(69,73-41)49(11,68)48(67)54-38-40(27(4)5)72-47(66)37(32(10)59)53-42(61)33-17-15-21-51-56(33)44(63)35(23-26(2)3)55(12)43(62)36(25-71-13)58(70)45(64)34-18-16-22-52-57(34)46(38)65/h14,24,26-27,29-30,32-38,40-41,51-52,59,68-70H,15-23,25H2,1-13H3,(H,53,61)(H,54,67). The van der Waals surface area contributed by atoms with Crippen molar-refractivity contribution in [3.63, 3.8) is 0 Å². The van der Waals surface area contributed by atoms with E-state index in [1.165, 1.54) is 34.9 Å². The van der Waals surface area contributed by atoms with Crippen molar-refractivity contribution >= 4 is 47.2 Å². The number of ether oxygens (including phenoxy) is 3. The summed E-state index contributed by atoms with van der Waals surface area (Å²) in [6.07, 6.45) is -0.194. The van der Waals surface area contributed by atoms with E-state index in [4.69, 9.17) is 14.2 Å². The van der Waals surface area contributed by atoms with Gasteiger partial charge in [0.25, 0.3) is 29.5 Å². The molecule has 412 valence electrons. The Morgan fingerprint density at radius 3 is 2.05 bits per heavy atom. The zero-order valence-corrected chi connectivity index (χ0v) is 44.8. The molecule has 0 aromatic carbocycles. The summed E-state index contributed by atoms with van der Waals surface area (Å²) in [6, 6.07) is -9.78. The second-order valence-corrected chi connectivity index (χ2v) is 21.1. The number of carbonyl (C=O) groups excluding carboxylic acids is 8. The molecule has 6 amide bonds. The summed E-state index contributed by atoms with van der Waals surface area (Å²) in [5.41, 5.74) is 4.01. The molecule has 23 nitrogen and oxygen atoms in total. The molecule has 0 aromatic rings. The largest absolute Gasteiger partial charge is 0.458 e. The van der Waals surface area contributed by atoms with Gasteiger partial charge in [-0.1, -0.05) is 53.7 Å². The highest BCUT2D eigenvalue weighted by Gasteiger charge is 2.58. The number of ketones is 1. The van der Waals surface area contributed by atoms with Crippen LogP contribution in [-0.4, -0.2) is 188 Å². The molecule has 0 radical (unpaired) electrons. The van der Waals surface area contributed by atoms with Crippen molar-refractivity contribution in [1.29, 1.82) is 0 Å². The first-order valence-corrected chi connectivity index (χ1v) is 25.4. The molecule has 23 heteroatoms. The van der Waals surface area contributed by atoms with E-state index >= 15 is 4.79 Å². The molecule has 8 N–H and O–H groups in total. The molecule has 0 bridgehead atoms. The highest BCUT2D eigenvalue weighted by atomic mass is 16.7. The quantitative estimate of drug-likeness (QED) is 0.0536. The second-order valence-electron chi connectivity index (χ2n) is 21.1. The summed E-state index contributed by atoms with van der Waals surface area (Å²) in [5, 5.41) is 54.3. The summed E-state index contributed by atoms with van der Waals surface area (Å²) in [7, 11) is 2.54. The second kappa shape index (κ2) is 25.6. The van der Waals surface area contributed by atoms with Crippen LogP contribution in [0.5, 0.6) is 0 Å². The highest BCUT2D eigenvalue weighted by Crippen LogP contribution is 2.41. The van der Waals surface area contributed by atoms with Gasteiger partial charge >= 0.3 is 5.97 Å². The van der Waals surface area contributed by atoms with Gasteiger partial charge in [-0.15, -0.1) is 0 Å². The first-order valence-electron chi connectivity index (χ1n) is 25.4. The smallest absolute Gasteiger partial charge is 0.331 e. The Bertz CT molecular complexity index is 2100. The van der Waals surface area contributed by atoms with Gasteiger partial charge in [-0.25, -0.2) is 20.7 Å². The minimum atomic E-state index is -2.86. The molecule has 4 aliphatic heterocycles. The third-order valence-corrected chi connectivity index (χ3v) is 14.5. The van der Waals surface area contributed by atoms with Gasteiger partial charge in [0.2, 0.25) is 11.7 Å². The molecular weight excluding hydrogens is 953 g/mol. The molecular formula is C50H82N8O15. The number of Topliss-reactive ketones (excluding diaryl/α,β-unsaturated/α-hetero) is 1. The molecule has 73 heavy (non-hydrogen) atoms. The molecule has 4 fully saturated rings. The number of methoxy groups -OCH3 is 1. The van der Waals surface area contributed by atoms with Crippen LogP contribution < -0.4 is 21.5 Å². The molecule has 4 saturated heterocycles. The number of esters is 1. The number of hydrogen-bond acceptors (Lipinski definition) is 17. The number of rotatable bonds is 13. The number of hydrogen-bond donors (Lipinski definition) is 8. The highest BCUT2D eigenvalue weighted by molar-refractivity contribution is 5.98. The van der Waals surface area contributed by atoms with Gasteiger partial charge in [0.15, 0.2) is 23.5 Å². The zero-order chi connectivity index (χ0) is 55.0. The van der Waals surface area contributed by atoms with Crippen LogP contribution in [-0.2, 0) is 52.6 Å². The van der Waals surface area contributed by atoms with Crippen molar-refractivity contribution < 1.29 is 73.1 Å². The SMILES string of the molecule is CC=C(C)C(=O)C(C)C=C(C)C1OC(O)(C(C)(O)C(=O)NC2C(=O)N3NCCCC3C(=O)N(O)C(COC)C(=O)N(C)C(CC(C)C)C(=O)N3NCCCC3C(=O)NC(C(C)O)C(=O)OC2C(C)C)CCC1C. The van der Waals surface area contributed by atoms with E-state index in [2.05, 4.69) is 21.5 Å². The number of allylic oxidation sites excluding steroid dienone is 3. The van der Waals surface area contributed by atoms with Crippen molar-refractivity contribution in [1.82, 2.24) is 41.5 Å². The van der Waals surface area contributed by atoms with Gasteiger partial charge < -0.3 is 45.1 Å². The van der Waals surface area contributed by atoms with Crippen LogP contribution in [0, 0.1) is 23.7 Å². The minimum Gasteiger partial charge on any atom is -0.458 e. The Labute approximate surface area is 428 Å². The number of hydrazine groups is 2. The summed E-state index contributed by atoms with van der Waals surface area (Å²) >= 11 is 0. The maximum Gasteiger partial charge on any atom is 0.331 e. The number of aliphatic hydroxyl groups excluding tert-OH is 1. The number of amides is 6. The van der Waals surface area contributed by atoms with Crippen molar-refractivity contribution in [3.05, 3.63) is 23.3 Å². The van der Waals surface area contributed by atoms with Crippen LogP contribution >= 0.6 is 0 Å². The third kappa shape index (κ3) is 13.7. The number of carbonyl (C=O) groups is 8. The van der Waals surface area contributed by atoms with Crippen molar-refractivity contribution in [2.75, 3.05) is 33.9 Å². The van der Waals surface area contributed by atoms with E-state index < -0.39 is 126 Å². The molecule has 4 rings (SSSR count). The fourth-order valence-electron chi connectivity index (χ4n) is 9.79. The van der Waals surface area contributed by atoms with Crippen LogP contribution in [0.15, 0.2) is 23.3 Å². The van der Waals surface area contributed by atoms with Gasteiger partial charge in [0.1, 0.15) is 30.3 Å². The minimum absolute atomic E-state index is 0.0684. The average Bonchev–Trinajstić information content (AvgIpc) is 3.35. The van der Waals surface area contributed by atoms with Gasteiger partial charge in [0.05, 0.1) is 18.8 Å². The summed E-state index contributed by atoms with van der Waals surface area (Å²) in [6.45, 7) is 17.3. The lowest BCUT2D eigenvalue weighted by atomic mass is 9.80. The zero-order valence-electron chi connectivity index (χ0n) is 44.8. The monoisotopic (exact) mass is 1030 g/mol. The number of nitrogens with one attached hydrogen (secondary N) is 4. The lowest BCUT2D eigenvalue weighted by Gasteiger charge is -2.48. The summed E-state index contributed by atoms with van der Waals surface area (Å²) < 4.78 is 17.5. The molecule has 13 atom stereocenters. The van der Waals surface area contributed by atoms with Crippen molar-refractivity contribution in [2.45, 2.75) is 187 Å². The van der Waals surface area contributed by atoms with Crippen LogP contribution in [0.2, 0.25) is 0 Å². The number of cyclic esters (lactones) is 1. The van der Waals surface area contributed by atoms with E-state index in [1.807, 2.05) is 20.8 Å². The Balaban J connectivity index is 1.88. The number of likely N-dealkylation sites (N-methyl/N-ethyl adjacent to an activating group) is 1. The van der Waals surface area contributed by atoms with Crippen LogP contribution in [0.1, 0.15) is 121 Å². The summed E-state index contributed by atoms with van der Waals surface area (Å²) in [4.78, 5) is 116. The number of nitrogens with zero attached hydrogens (tertiary/aromatic N) is 4. The first kappa shape index (κ1) is 60.7. The average molecular weight is 1040 g/mol. The van der Waals surface area contributed by atoms with Crippen LogP contribution in [0.3, 0.4) is 0 Å². The molecule has 0 aliphatic carbocycles. The lowest BCUT2D eigenvalue weighted by Crippen LogP contribution is -2.70. The molecule has 13 unspecified atom stereocenters. The van der Waals surface area contributed by atoms with Gasteiger partial charge in [-0.2, -0.15) is 0 Å². The van der Waals surface area contributed by atoms with E-state index in [-0.39, 0.29) is 74.3 Å². The maximum atomic E-state index is 15.3. The third-order valence-electron chi connectivity index (χ3n) is 14.5. The predicted octanol–water partition coefficient (Wildman–Crippen LogP) is 0.388. The topological polar surface area (TPSA) is 306 Å². The number of aliphatic hydroxyl groups is 3. The van der Waals surface area contributed by atoms with Gasteiger partial charge in [0, 0.05) is 39.6 Å². The Morgan fingerprint density at radius 2 is 1.51 bits per heavy atom. The number of fused-ring (bicyclic) bond motifs is 2. The van der Waals surface area contributed by atoms with Crippen LogP contribution in [0.25, 0.3) is 0 Å². The lowest BCUT2D eigenvalue weighted by molar-refractivity contribution is -0.321. The Hall–Kier alpha value is -4.88. The Kier molecular flexibility index (Phi) is 21.3. The van der Waals surface area contributed by atoms with Crippen molar-refractivity contribution in [3.8, 4) is 0 Å². The van der Waals surface area contributed by atoms with Crippen molar-refractivity contribution in [2.24, 2.45) is 23.7 Å². The van der Waals surface area contributed by atoms with Gasteiger partial charge in [-0.3, -0.25) is 48.8 Å². The molecule has 0 spiro atoms. The fraction of sp³-hybridized carbons (Fsp3) is 0.760. The van der Waals surface area contributed by atoms with E-state index in [9.17, 15) is 54.1 Å².